The van der Waals surface area contributed by atoms with Crippen molar-refractivity contribution in [3.8, 4) is 0 Å². The van der Waals surface area contributed by atoms with Crippen molar-refractivity contribution in [3.05, 3.63) is 41.1 Å². The summed E-state index contributed by atoms with van der Waals surface area (Å²) in [5, 5.41) is 3.18. The standard InChI is InChI=1S/C17H23ClN4O2/c1-4-22(5-2)17-19-11-14(18)15(21-17)16(23)20-12(3)8-9-13-7-6-10-24-13/h6-7,10-12H,4-5,8-9H2,1-3H3,(H,20,23). The van der Waals surface area contributed by atoms with Crippen LogP contribution in [0.1, 0.15) is 43.4 Å². The molecule has 0 fully saturated rings. The minimum atomic E-state index is -0.289. The first-order chi connectivity index (χ1) is 11.5. The van der Waals surface area contributed by atoms with Crippen LogP contribution in [0.2, 0.25) is 5.02 Å². The maximum atomic E-state index is 12.5. The van der Waals surface area contributed by atoms with Gasteiger partial charge in [-0.05, 0) is 39.3 Å². The number of hydrogen-bond donors (Lipinski definition) is 1. The van der Waals surface area contributed by atoms with E-state index in [1.807, 2.05) is 37.8 Å². The van der Waals surface area contributed by atoms with Gasteiger partial charge in [-0.25, -0.2) is 9.97 Å². The molecule has 7 heteroatoms. The number of carbonyl (C=O) groups excluding carboxylic acids is 1. The van der Waals surface area contributed by atoms with Crippen molar-refractivity contribution in [2.24, 2.45) is 0 Å². The van der Waals surface area contributed by atoms with Crippen LogP contribution in [0, 0.1) is 0 Å². The number of carbonyl (C=O) groups is 1. The highest BCUT2D eigenvalue weighted by molar-refractivity contribution is 6.33. The lowest BCUT2D eigenvalue weighted by atomic mass is 10.1. The molecule has 0 spiro atoms. The van der Waals surface area contributed by atoms with Gasteiger partial charge < -0.3 is 14.6 Å². The minimum Gasteiger partial charge on any atom is -0.469 e. The van der Waals surface area contributed by atoms with E-state index >= 15 is 0 Å². The van der Waals surface area contributed by atoms with Crippen LogP contribution in [0.3, 0.4) is 0 Å². The Morgan fingerprint density at radius 2 is 2.17 bits per heavy atom. The fourth-order valence-corrected chi connectivity index (χ4v) is 2.53. The summed E-state index contributed by atoms with van der Waals surface area (Å²) < 4.78 is 5.30. The molecule has 1 amide bonds. The summed E-state index contributed by atoms with van der Waals surface area (Å²) in [5.41, 5.74) is 0.207. The first-order valence-electron chi connectivity index (χ1n) is 8.15. The topological polar surface area (TPSA) is 71.3 Å². The van der Waals surface area contributed by atoms with Crippen molar-refractivity contribution in [2.75, 3.05) is 18.0 Å². The lowest BCUT2D eigenvalue weighted by Crippen LogP contribution is -2.34. The third-order valence-corrected chi connectivity index (χ3v) is 4.05. The van der Waals surface area contributed by atoms with Gasteiger partial charge in [-0.15, -0.1) is 0 Å². The van der Waals surface area contributed by atoms with Gasteiger partial charge in [0, 0.05) is 25.6 Å². The molecule has 0 aliphatic heterocycles. The molecule has 6 nitrogen and oxygen atoms in total. The molecule has 2 rings (SSSR count). The molecule has 130 valence electrons. The van der Waals surface area contributed by atoms with E-state index in [0.29, 0.717) is 5.95 Å². The quantitative estimate of drug-likeness (QED) is 0.790. The molecular weight excluding hydrogens is 328 g/mol. The Morgan fingerprint density at radius 3 is 2.79 bits per heavy atom. The Hall–Kier alpha value is -2.08. The molecule has 0 aromatic carbocycles. The molecule has 1 unspecified atom stereocenters. The molecule has 2 aromatic rings. The number of aromatic nitrogens is 2. The van der Waals surface area contributed by atoms with Gasteiger partial charge in [-0.3, -0.25) is 4.79 Å². The number of nitrogens with zero attached hydrogens (tertiary/aromatic N) is 3. The van der Waals surface area contributed by atoms with Crippen molar-refractivity contribution in [1.82, 2.24) is 15.3 Å². The van der Waals surface area contributed by atoms with E-state index in [1.165, 1.54) is 6.20 Å². The first-order valence-corrected chi connectivity index (χ1v) is 8.53. The van der Waals surface area contributed by atoms with Crippen LogP contribution >= 0.6 is 11.6 Å². The molecule has 0 aliphatic carbocycles. The van der Waals surface area contributed by atoms with Crippen LogP contribution in [0.4, 0.5) is 5.95 Å². The monoisotopic (exact) mass is 350 g/mol. The van der Waals surface area contributed by atoms with Crippen LogP contribution in [0.15, 0.2) is 29.0 Å². The molecule has 0 aliphatic rings. The third kappa shape index (κ3) is 4.71. The number of aryl methyl sites for hydroxylation is 1. The predicted octanol–water partition coefficient (Wildman–Crippen LogP) is 3.32. The predicted molar refractivity (Wildman–Crippen MR) is 94.6 cm³/mol. The second-order valence-electron chi connectivity index (χ2n) is 5.53. The lowest BCUT2D eigenvalue weighted by Gasteiger charge is -2.19. The summed E-state index contributed by atoms with van der Waals surface area (Å²) in [5.74, 6) is 1.13. The number of amides is 1. The molecule has 1 N–H and O–H groups in total. The molecule has 24 heavy (non-hydrogen) atoms. The summed E-state index contributed by atoms with van der Waals surface area (Å²) in [6.07, 6.45) is 4.65. The number of anilines is 1. The Bertz CT molecular complexity index is 657. The molecule has 0 radical (unpaired) electrons. The van der Waals surface area contributed by atoms with E-state index < -0.39 is 0 Å². The van der Waals surface area contributed by atoms with Gasteiger partial charge in [0.05, 0.1) is 17.5 Å². The average molecular weight is 351 g/mol. The highest BCUT2D eigenvalue weighted by Crippen LogP contribution is 2.17. The summed E-state index contributed by atoms with van der Waals surface area (Å²) >= 11 is 6.10. The van der Waals surface area contributed by atoms with E-state index in [9.17, 15) is 4.79 Å². The largest absolute Gasteiger partial charge is 0.469 e. The van der Waals surface area contributed by atoms with Gasteiger partial charge in [-0.1, -0.05) is 11.6 Å². The maximum absolute atomic E-state index is 12.5. The Balaban J connectivity index is 2.01. The average Bonchev–Trinajstić information content (AvgIpc) is 3.09. The molecule has 2 aromatic heterocycles. The van der Waals surface area contributed by atoms with E-state index in [0.717, 1.165) is 31.7 Å². The lowest BCUT2D eigenvalue weighted by molar-refractivity contribution is 0.0933. The van der Waals surface area contributed by atoms with Gasteiger partial charge in [0.15, 0.2) is 5.69 Å². The number of halogens is 1. The van der Waals surface area contributed by atoms with Gasteiger partial charge in [-0.2, -0.15) is 0 Å². The summed E-state index contributed by atoms with van der Waals surface area (Å²) in [6, 6.07) is 3.76. The summed E-state index contributed by atoms with van der Waals surface area (Å²) in [7, 11) is 0. The van der Waals surface area contributed by atoms with Gasteiger partial charge in [0.1, 0.15) is 5.76 Å². The number of nitrogens with one attached hydrogen (secondary N) is 1. The second kappa shape index (κ2) is 8.68. The molecular formula is C17H23ClN4O2. The van der Waals surface area contributed by atoms with Crippen LogP contribution in [-0.4, -0.2) is 35.0 Å². The van der Waals surface area contributed by atoms with Crippen LogP contribution in [0.5, 0.6) is 0 Å². The van der Waals surface area contributed by atoms with Crippen LogP contribution < -0.4 is 10.2 Å². The van der Waals surface area contributed by atoms with E-state index in [2.05, 4.69) is 15.3 Å². The number of furan rings is 1. The third-order valence-electron chi connectivity index (χ3n) is 3.77. The smallest absolute Gasteiger partial charge is 0.271 e. The van der Waals surface area contributed by atoms with Crippen molar-refractivity contribution in [3.63, 3.8) is 0 Å². The van der Waals surface area contributed by atoms with E-state index in [4.69, 9.17) is 16.0 Å². The van der Waals surface area contributed by atoms with Crippen molar-refractivity contribution in [1.29, 1.82) is 0 Å². The van der Waals surface area contributed by atoms with Crippen LogP contribution in [-0.2, 0) is 6.42 Å². The zero-order valence-corrected chi connectivity index (χ0v) is 15.0. The molecule has 2 heterocycles. The van der Waals surface area contributed by atoms with Gasteiger partial charge in [0.2, 0.25) is 5.95 Å². The summed E-state index contributed by atoms with van der Waals surface area (Å²) in [6.45, 7) is 7.49. The maximum Gasteiger partial charge on any atom is 0.271 e. The highest BCUT2D eigenvalue weighted by Gasteiger charge is 2.18. The normalized spacial score (nSPS) is 12.0. The van der Waals surface area contributed by atoms with Crippen molar-refractivity contribution < 1.29 is 9.21 Å². The van der Waals surface area contributed by atoms with E-state index in [1.54, 1.807) is 6.26 Å². The highest BCUT2D eigenvalue weighted by atomic mass is 35.5. The zero-order valence-electron chi connectivity index (χ0n) is 14.3. The second-order valence-corrected chi connectivity index (χ2v) is 5.94. The fourth-order valence-electron chi connectivity index (χ4n) is 2.35. The first kappa shape index (κ1) is 18.3. The van der Waals surface area contributed by atoms with Crippen molar-refractivity contribution in [2.45, 2.75) is 39.7 Å². The Kier molecular flexibility index (Phi) is 6.61. The summed E-state index contributed by atoms with van der Waals surface area (Å²) in [4.78, 5) is 23.0. The van der Waals surface area contributed by atoms with Crippen LogP contribution in [0.25, 0.3) is 0 Å². The molecule has 1 atom stereocenters. The van der Waals surface area contributed by atoms with Gasteiger partial charge >= 0.3 is 0 Å². The SMILES string of the molecule is CCN(CC)c1ncc(Cl)c(C(=O)NC(C)CCc2ccco2)n1. The number of hydrogen-bond acceptors (Lipinski definition) is 5. The number of rotatable bonds is 8. The molecule has 0 saturated heterocycles. The zero-order chi connectivity index (χ0) is 17.5. The molecule has 0 bridgehead atoms. The fraction of sp³-hybridized carbons (Fsp3) is 0.471. The molecule has 0 saturated carbocycles. The Morgan fingerprint density at radius 1 is 1.42 bits per heavy atom. The Labute approximate surface area is 147 Å². The van der Waals surface area contributed by atoms with E-state index in [-0.39, 0.29) is 22.7 Å². The van der Waals surface area contributed by atoms with Gasteiger partial charge in [0.25, 0.3) is 5.91 Å². The van der Waals surface area contributed by atoms with Crippen molar-refractivity contribution >= 4 is 23.5 Å². The minimum absolute atomic E-state index is 0.0227.